The van der Waals surface area contributed by atoms with Crippen molar-refractivity contribution in [2.24, 2.45) is 5.92 Å². The van der Waals surface area contributed by atoms with Crippen molar-refractivity contribution in [3.8, 4) is 0 Å². The zero-order valence-corrected chi connectivity index (χ0v) is 14.3. The minimum Gasteiger partial charge on any atom is -0.314 e. The van der Waals surface area contributed by atoms with Gasteiger partial charge in [-0.05, 0) is 45.6 Å². The number of hydrogen-bond acceptors (Lipinski definition) is 4. The molecular weight excluding hydrogens is 300 g/mol. The van der Waals surface area contributed by atoms with Gasteiger partial charge in [0.05, 0.1) is 11.9 Å². The lowest BCUT2D eigenvalue weighted by Crippen LogP contribution is -2.50. The SMILES string of the molecule is CCn1ncc(S(=O)(=O)N2CC[C@H]3NCCCC[C@H]3C2)c1C. The highest BCUT2D eigenvalue weighted by atomic mass is 32.2. The molecule has 0 bridgehead atoms. The van der Waals surface area contributed by atoms with Crippen LogP contribution in [0.4, 0.5) is 0 Å². The van der Waals surface area contributed by atoms with Gasteiger partial charge in [-0.3, -0.25) is 4.68 Å². The molecule has 2 aliphatic heterocycles. The van der Waals surface area contributed by atoms with Crippen molar-refractivity contribution in [3.63, 3.8) is 0 Å². The van der Waals surface area contributed by atoms with Gasteiger partial charge in [0.1, 0.15) is 4.90 Å². The Bertz CT molecular complexity index is 625. The number of piperidine rings is 1. The van der Waals surface area contributed by atoms with E-state index in [1.807, 2.05) is 13.8 Å². The average Bonchev–Trinajstić information content (AvgIpc) is 2.74. The summed E-state index contributed by atoms with van der Waals surface area (Å²) in [5.74, 6) is 0.438. The molecule has 2 fully saturated rings. The number of fused-ring (bicyclic) bond motifs is 1. The number of nitrogens with one attached hydrogen (secondary N) is 1. The Balaban J connectivity index is 1.82. The van der Waals surface area contributed by atoms with E-state index in [1.54, 1.807) is 8.99 Å². The van der Waals surface area contributed by atoms with Gasteiger partial charge in [0.2, 0.25) is 10.0 Å². The van der Waals surface area contributed by atoms with Gasteiger partial charge in [-0.15, -0.1) is 0 Å². The lowest BCUT2D eigenvalue weighted by atomic mass is 9.90. The lowest BCUT2D eigenvalue weighted by Gasteiger charge is -2.37. The van der Waals surface area contributed by atoms with Crippen molar-refractivity contribution in [2.45, 2.75) is 57.0 Å². The zero-order chi connectivity index (χ0) is 15.7. The van der Waals surface area contributed by atoms with E-state index in [0.29, 0.717) is 36.5 Å². The summed E-state index contributed by atoms with van der Waals surface area (Å²) >= 11 is 0. The molecule has 3 rings (SSSR count). The maximum absolute atomic E-state index is 12.9. The summed E-state index contributed by atoms with van der Waals surface area (Å²) in [5.41, 5.74) is 0.739. The predicted octanol–water partition coefficient (Wildman–Crippen LogP) is 1.36. The predicted molar refractivity (Wildman–Crippen MR) is 85.1 cm³/mol. The molecule has 124 valence electrons. The Morgan fingerprint density at radius 3 is 2.91 bits per heavy atom. The molecule has 0 radical (unpaired) electrons. The minimum atomic E-state index is -3.42. The Kier molecular flexibility index (Phi) is 4.56. The largest absolute Gasteiger partial charge is 0.314 e. The summed E-state index contributed by atoms with van der Waals surface area (Å²) in [6.07, 6.45) is 5.92. The summed E-state index contributed by atoms with van der Waals surface area (Å²) < 4.78 is 29.3. The highest BCUT2D eigenvalue weighted by molar-refractivity contribution is 7.89. The van der Waals surface area contributed by atoms with Crippen LogP contribution in [-0.4, -0.2) is 48.2 Å². The first-order chi connectivity index (χ1) is 10.5. The van der Waals surface area contributed by atoms with Crippen molar-refractivity contribution in [3.05, 3.63) is 11.9 Å². The molecule has 1 N–H and O–H groups in total. The molecule has 1 aromatic rings. The normalized spacial score (nSPS) is 27.4. The molecule has 22 heavy (non-hydrogen) atoms. The third kappa shape index (κ3) is 2.81. The molecule has 0 aliphatic carbocycles. The molecule has 2 aliphatic rings. The van der Waals surface area contributed by atoms with E-state index in [9.17, 15) is 8.42 Å². The smallest absolute Gasteiger partial charge is 0.246 e. The second-order valence-corrected chi connectivity index (χ2v) is 8.28. The van der Waals surface area contributed by atoms with Gasteiger partial charge in [-0.1, -0.05) is 6.42 Å². The molecule has 0 saturated carbocycles. The van der Waals surface area contributed by atoms with E-state index in [4.69, 9.17) is 0 Å². The van der Waals surface area contributed by atoms with E-state index in [0.717, 1.165) is 25.1 Å². The highest BCUT2D eigenvalue weighted by Crippen LogP contribution is 2.29. The number of hydrogen-bond donors (Lipinski definition) is 1. The van der Waals surface area contributed by atoms with E-state index in [-0.39, 0.29) is 0 Å². The van der Waals surface area contributed by atoms with Crippen LogP contribution in [0.3, 0.4) is 0 Å². The highest BCUT2D eigenvalue weighted by Gasteiger charge is 2.37. The second kappa shape index (κ2) is 6.29. The summed E-state index contributed by atoms with van der Waals surface area (Å²) in [6.45, 7) is 6.80. The van der Waals surface area contributed by atoms with Crippen LogP contribution in [0.5, 0.6) is 0 Å². The third-order valence-corrected chi connectivity index (χ3v) is 7.05. The fraction of sp³-hybridized carbons (Fsp3) is 0.800. The van der Waals surface area contributed by atoms with Crippen LogP contribution in [0.1, 0.15) is 38.3 Å². The van der Waals surface area contributed by atoms with Gasteiger partial charge in [0.15, 0.2) is 0 Å². The van der Waals surface area contributed by atoms with Crippen LogP contribution >= 0.6 is 0 Å². The van der Waals surface area contributed by atoms with Gasteiger partial charge in [0.25, 0.3) is 0 Å². The number of sulfonamides is 1. The maximum atomic E-state index is 12.9. The molecule has 0 amide bonds. The zero-order valence-electron chi connectivity index (χ0n) is 13.5. The Morgan fingerprint density at radius 2 is 2.18 bits per heavy atom. The van der Waals surface area contributed by atoms with Gasteiger partial charge < -0.3 is 5.32 Å². The van der Waals surface area contributed by atoms with Crippen LogP contribution in [0.25, 0.3) is 0 Å². The van der Waals surface area contributed by atoms with Gasteiger partial charge in [-0.25, -0.2) is 8.42 Å². The van der Waals surface area contributed by atoms with Crippen LogP contribution in [0, 0.1) is 12.8 Å². The van der Waals surface area contributed by atoms with Crippen molar-refractivity contribution in [2.75, 3.05) is 19.6 Å². The fourth-order valence-electron chi connectivity index (χ4n) is 3.74. The summed E-state index contributed by atoms with van der Waals surface area (Å²) in [5, 5.41) is 7.77. The van der Waals surface area contributed by atoms with Crippen molar-refractivity contribution >= 4 is 10.0 Å². The van der Waals surface area contributed by atoms with E-state index >= 15 is 0 Å². The van der Waals surface area contributed by atoms with E-state index in [1.165, 1.54) is 19.0 Å². The second-order valence-electron chi connectivity index (χ2n) is 6.38. The van der Waals surface area contributed by atoms with Crippen molar-refractivity contribution in [1.29, 1.82) is 0 Å². The van der Waals surface area contributed by atoms with Crippen LogP contribution in [0.2, 0.25) is 0 Å². The molecular formula is C15H26N4O2S. The van der Waals surface area contributed by atoms with Gasteiger partial charge >= 0.3 is 0 Å². The van der Waals surface area contributed by atoms with E-state index < -0.39 is 10.0 Å². The first-order valence-corrected chi connectivity index (χ1v) is 9.74. The Hall–Kier alpha value is -0.920. The number of nitrogens with zero attached hydrogens (tertiary/aromatic N) is 3. The molecule has 0 spiro atoms. The molecule has 7 heteroatoms. The van der Waals surface area contributed by atoms with Crippen LogP contribution < -0.4 is 5.32 Å². The number of aromatic nitrogens is 2. The van der Waals surface area contributed by atoms with Crippen LogP contribution in [0.15, 0.2) is 11.1 Å². The molecule has 6 nitrogen and oxygen atoms in total. The molecule has 0 unspecified atom stereocenters. The van der Waals surface area contributed by atoms with Gasteiger partial charge in [-0.2, -0.15) is 9.40 Å². The van der Waals surface area contributed by atoms with Gasteiger partial charge in [0, 0.05) is 25.7 Å². The van der Waals surface area contributed by atoms with E-state index in [2.05, 4.69) is 10.4 Å². The summed E-state index contributed by atoms with van der Waals surface area (Å²) in [4.78, 5) is 0.370. The maximum Gasteiger partial charge on any atom is 0.246 e. The lowest BCUT2D eigenvalue weighted by molar-refractivity contribution is 0.209. The topological polar surface area (TPSA) is 67.2 Å². The average molecular weight is 326 g/mol. The summed E-state index contributed by atoms with van der Waals surface area (Å²) in [6, 6.07) is 0.480. The molecule has 3 heterocycles. The molecule has 0 aromatic carbocycles. The first kappa shape index (κ1) is 16.0. The molecule has 2 saturated heterocycles. The third-order valence-electron chi connectivity index (χ3n) is 5.08. The standard InChI is InChI=1S/C15H26N4O2S/c1-3-19-12(2)15(10-17-19)22(20,21)18-9-7-14-13(11-18)6-4-5-8-16-14/h10,13-14,16H,3-9,11H2,1-2H3/t13-,14+/m0/s1. The number of rotatable bonds is 3. The minimum absolute atomic E-state index is 0.370. The Morgan fingerprint density at radius 1 is 1.36 bits per heavy atom. The summed E-state index contributed by atoms with van der Waals surface area (Å²) in [7, 11) is -3.42. The number of aryl methyl sites for hydroxylation is 1. The van der Waals surface area contributed by atoms with Crippen molar-refractivity contribution < 1.29 is 8.42 Å². The fourth-order valence-corrected chi connectivity index (χ4v) is 5.41. The molecule has 1 aromatic heterocycles. The van der Waals surface area contributed by atoms with Crippen LogP contribution in [-0.2, 0) is 16.6 Å². The molecule has 2 atom stereocenters. The Labute approximate surface area is 132 Å². The quantitative estimate of drug-likeness (QED) is 0.911. The van der Waals surface area contributed by atoms with Crippen molar-refractivity contribution in [1.82, 2.24) is 19.4 Å². The monoisotopic (exact) mass is 326 g/mol. The first-order valence-electron chi connectivity index (χ1n) is 8.30.